The van der Waals surface area contributed by atoms with Crippen molar-refractivity contribution in [3.63, 3.8) is 0 Å². The number of benzene rings is 1. The highest BCUT2D eigenvalue weighted by molar-refractivity contribution is 6.40. The number of amides is 2. The first-order chi connectivity index (χ1) is 9.62. The molecule has 0 heterocycles. The summed E-state index contributed by atoms with van der Waals surface area (Å²) in [4.78, 5) is 34.1. The van der Waals surface area contributed by atoms with Crippen molar-refractivity contribution >= 4 is 23.5 Å². The molecule has 0 radical (unpaired) electrons. The van der Waals surface area contributed by atoms with Crippen molar-refractivity contribution in [2.75, 3.05) is 5.32 Å². The molecule has 0 spiro atoms. The fourth-order valence-electron chi connectivity index (χ4n) is 1.75. The van der Waals surface area contributed by atoms with Gasteiger partial charge in [-0.25, -0.2) is 0 Å². The highest BCUT2D eigenvalue weighted by atomic mass is 16.4. The van der Waals surface area contributed by atoms with Gasteiger partial charge >= 0.3 is 17.8 Å². The van der Waals surface area contributed by atoms with Crippen LogP contribution in [-0.4, -0.2) is 28.9 Å². The van der Waals surface area contributed by atoms with E-state index >= 15 is 0 Å². The van der Waals surface area contributed by atoms with Crippen LogP contribution >= 0.6 is 0 Å². The first-order valence-corrected chi connectivity index (χ1v) is 6.57. The minimum Gasteiger partial charge on any atom is -0.480 e. The molecule has 114 valence electrons. The molecule has 0 aliphatic heterocycles. The summed E-state index contributed by atoms with van der Waals surface area (Å²) in [6.45, 7) is 7.26. The second-order valence-electron chi connectivity index (χ2n) is 5.78. The zero-order chi connectivity index (χ0) is 16.2. The number of hydrogen-bond acceptors (Lipinski definition) is 3. The molecule has 1 atom stereocenters. The summed E-state index contributed by atoms with van der Waals surface area (Å²) >= 11 is 0. The van der Waals surface area contributed by atoms with Crippen molar-refractivity contribution in [1.82, 2.24) is 5.32 Å². The van der Waals surface area contributed by atoms with Crippen LogP contribution in [0.5, 0.6) is 0 Å². The second kappa shape index (κ2) is 6.39. The van der Waals surface area contributed by atoms with Gasteiger partial charge in [-0.05, 0) is 24.0 Å². The number of carboxylic acid groups (broad SMARTS) is 1. The van der Waals surface area contributed by atoms with Gasteiger partial charge in [0.1, 0.15) is 6.04 Å². The van der Waals surface area contributed by atoms with Crippen molar-refractivity contribution in [2.45, 2.75) is 39.2 Å². The van der Waals surface area contributed by atoms with Gasteiger partial charge in [0.05, 0.1) is 0 Å². The molecule has 0 aromatic heterocycles. The topological polar surface area (TPSA) is 95.5 Å². The third-order valence-corrected chi connectivity index (χ3v) is 2.91. The number of carbonyl (C=O) groups excluding carboxylic acids is 2. The Morgan fingerprint density at radius 1 is 1.10 bits per heavy atom. The van der Waals surface area contributed by atoms with Crippen LogP contribution in [0.3, 0.4) is 0 Å². The zero-order valence-corrected chi connectivity index (χ0v) is 12.6. The summed E-state index contributed by atoms with van der Waals surface area (Å²) in [5, 5.41) is 13.3. The maximum absolute atomic E-state index is 11.8. The van der Waals surface area contributed by atoms with E-state index in [0.717, 1.165) is 5.56 Å². The Bertz CT molecular complexity index is 561. The van der Waals surface area contributed by atoms with Gasteiger partial charge in [0.2, 0.25) is 0 Å². The second-order valence-corrected chi connectivity index (χ2v) is 5.78. The predicted molar refractivity (Wildman–Crippen MR) is 79.0 cm³/mol. The molecule has 0 aliphatic rings. The molecule has 0 aliphatic carbocycles. The molecule has 1 rings (SSSR count). The lowest BCUT2D eigenvalue weighted by atomic mass is 9.86. The summed E-state index contributed by atoms with van der Waals surface area (Å²) in [5.41, 5.74) is 1.22. The molecule has 3 N–H and O–H groups in total. The molecule has 0 fully saturated rings. The Balaban J connectivity index is 2.85. The van der Waals surface area contributed by atoms with Crippen LogP contribution in [0.15, 0.2) is 24.3 Å². The fraction of sp³-hybridized carbons (Fsp3) is 0.400. The van der Waals surface area contributed by atoms with Crippen LogP contribution in [0, 0.1) is 0 Å². The maximum atomic E-state index is 11.8. The van der Waals surface area contributed by atoms with E-state index in [9.17, 15) is 14.4 Å². The van der Waals surface area contributed by atoms with Gasteiger partial charge < -0.3 is 15.7 Å². The number of carboxylic acids is 1. The average Bonchev–Trinajstić information content (AvgIpc) is 2.37. The van der Waals surface area contributed by atoms with Gasteiger partial charge in [-0.2, -0.15) is 0 Å². The summed E-state index contributed by atoms with van der Waals surface area (Å²) in [5.74, 6) is -3.07. The lowest BCUT2D eigenvalue weighted by Crippen LogP contribution is -2.44. The van der Waals surface area contributed by atoms with Crippen LogP contribution in [0.2, 0.25) is 0 Å². The molecule has 2 amide bonds. The number of aliphatic carboxylic acids is 1. The lowest BCUT2D eigenvalue weighted by Gasteiger charge is -2.22. The molecular formula is C15H20N2O4. The number of anilines is 1. The molecule has 0 saturated carbocycles. The van der Waals surface area contributed by atoms with Crippen molar-refractivity contribution in [2.24, 2.45) is 0 Å². The Morgan fingerprint density at radius 3 is 2.19 bits per heavy atom. The van der Waals surface area contributed by atoms with E-state index in [1.165, 1.54) is 6.92 Å². The van der Waals surface area contributed by atoms with E-state index in [4.69, 9.17) is 5.11 Å². The van der Waals surface area contributed by atoms with Gasteiger partial charge in [-0.3, -0.25) is 14.4 Å². The van der Waals surface area contributed by atoms with Gasteiger partial charge in [-0.15, -0.1) is 0 Å². The van der Waals surface area contributed by atoms with E-state index in [1.807, 2.05) is 32.9 Å². The Kier molecular flexibility index (Phi) is 5.07. The monoisotopic (exact) mass is 292 g/mol. The number of hydrogen-bond donors (Lipinski definition) is 3. The molecule has 6 nitrogen and oxygen atoms in total. The van der Waals surface area contributed by atoms with Crippen molar-refractivity contribution in [1.29, 1.82) is 0 Å². The van der Waals surface area contributed by atoms with E-state index in [0.29, 0.717) is 5.69 Å². The van der Waals surface area contributed by atoms with Crippen LogP contribution in [-0.2, 0) is 19.8 Å². The highest BCUT2D eigenvalue weighted by Crippen LogP contribution is 2.29. The molecule has 0 bridgehead atoms. The van der Waals surface area contributed by atoms with Crippen LogP contribution in [0.1, 0.15) is 33.3 Å². The first-order valence-electron chi connectivity index (χ1n) is 6.57. The number of carbonyl (C=O) groups is 3. The lowest BCUT2D eigenvalue weighted by molar-refractivity contribution is -0.143. The molecule has 21 heavy (non-hydrogen) atoms. The standard InChI is InChI=1S/C15H20N2O4/c1-9(14(20)21)16-12(18)13(19)17-11-8-6-5-7-10(11)15(2,3)4/h5-9H,1-4H3,(H,16,18)(H,17,19)(H,20,21). The van der Waals surface area contributed by atoms with E-state index < -0.39 is 23.8 Å². The Labute approximate surface area is 123 Å². The summed E-state index contributed by atoms with van der Waals surface area (Å²) < 4.78 is 0. The fourth-order valence-corrected chi connectivity index (χ4v) is 1.75. The largest absolute Gasteiger partial charge is 0.480 e. The van der Waals surface area contributed by atoms with Crippen molar-refractivity contribution in [3.05, 3.63) is 29.8 Å². The van der Waals surface area contributed by atoms with E-state index in [1.54, 1.807) is 12.1 Å². The Hall–Kier alpha value is -2.37. The van der Waals surface area contributed by atoms with Crippen molar-refractivity contribution < 1.29 is 19.5 Å². The quantitative estimate of drug-likeness (QED) is 0.736. The van der Waals surface area contributed by atoms with Gasteiger partial charge in [0.15, 0.2) is 0 Å². The molecule has 1 unspecified atom stereocenters. The summed E-state index contributed by atoms with van der Waals surface area (Å²) in [6, 6.07) is 6.05. The molecular weight excluding hydrogens is 272 g/mol. The number of nitrogens with one attached hydrogen (secondary N) is 2. The van der Waals surface area contributed by atoms with Gasteiger partial charge in [-0.1, -0.05) is 39.0 Å². The average molecular weight is 292 g/mol. The number of rotatable bonds is 3. The number of para-hydroxylation sites is 1. The minimum atomic E-state index is -1.20. The maximum Gasteiger partial charge on any atom is 0.325 e. The summed E-state index contributed by atoms with van der Waals surface area (Å²) in [6.07, 6.45) is 0. The van der Waals surface area contributed by atoms with Crippen molar-refractivity contribution in [3.8, 4) is 0 Å². The third-order valence-electron chi connectivity index (χ3n) is 2.91. The van der Waals surface area contributed by atoms with Crippen LogP contribution < -0.4 is 10.6 Å². The van der Waals surface area contributed by atoms with Crippen LogP contribution in [0.25, 0.3) is 0 Å². The predicted octanol–water partition coefficient (Wildman–Crippen LogP) is 1.51. The van der Waals surface area contributed by atoms with E-state index in [-0.39, 0.29) is 5.41 Å². The molecule has 6 heteroatoms. The van der Waals surface area contributed by atoms with Crippen LogP contribution in [0.4, 0.5) is 5.69 Å². The molecule has 1 aromatic rings. The third kappa shape index (κ3) is 4.59. The van der Waals surface area contributed by atoms with Gasteiger partial charge in [0.25, 0.3) is 0 Å². The summed E-state index contributed by atoms with van der Waals surface area (Å²) in [7, 11) is 0. The molecule has 1 aromatic carbocycles. The SMILES string of the molecule is CC(NC(=O)C(=O)Nc1ccccc1C(C)(C)C)C(=O)O. The minimum absolute atomic E-state index is 0.200. The van der Waals surface area contributed by atoms with E-state index in [2.05, 4.69) is 10.6 Å². The smallest absolute Gasteiger partial charge is 0.325 e. The zero-order valence-electron chi connectivity index (χ0n) is 12.6. The normalized spacial score (nSPS) is 12.4. The highest BCUT2D eigenvalue weighted by Gasteiger charge is 2.23. The Morgan fingerprint density at radius 2 is 1.67 bits per heavy atom. The molecule has 0 saturated heterocycles. The first kappa shape index (κ1) is 16.7. The van der Waals surface area contributed by atoms with Gasteiger partial charge in [0, 0.05) is 5.69 Å².